The fourth-order valence-electron chi connectivity index (χ4n) is 4.21. The molecular formula is C23H31N3O5S. The number of carbonyl (C=O) groups excluding carboxylic acids is 2. The standard InChI is InChI=1S/C23H31N3O5S/c1-16(2)20(22(27)25-15-18-11-8-14-31-18)26(17-9-6-7-10-17)23(28)21(24)32(29,30)19-12-4-3-5-13-19/h3-5,8,11-14,16-17,20-21H,6-7,9-10,15,24H2,1-2H3,(H,25,27). The molecule has 0 aliphatic heterocycles. The second kappa shape index (κ2) is 10.3. The second-order valence-electron chi connectivity index (χ2n) is 8.45. The average Bonchev–Trinajstić information content (AvgIpc) is 3.49. The van der Waals surface area contributed by atoms with E-state index in [2.05, 4.69) is 5.32 Å². The number of hydrogen-bond donors (Lipinski definition) is 2. The van der Waals surface area contributed by atoms with Gasteiger partial charge in [-0.15, -0.1) is 0 Å². The van der Waals surface area contributed by atoms with Crippen molar-refractivity contribution in [3.63, 3.8) is 0 Å². The molecule has 0 saturated heterocycles. The highest BCUT2D eigenvalue weighted by molar-refractivity contribution is 7.92. The van der Waals surface area contributed by atoms with Gasteiger partial charge in [-0.05, 0) is 43.0 Å². The molecule has 9 heteroatoms. The number of sulfone groups is 1. The maximum atomic E-state index is 13.6. The van der Waals surface area contributed by atoms with Crippen molar-refractivity contribution in [1.82, 2.24) is 10.2 Å². The van der Waals surface area contributed by atoms with Gasteiger partial charge in [-0.1, -0.05) is 44.9 Å². The molecule has 2 amide bonds. The van der Waals surface area contributed by atoms with Gasteiger partial charge in [0, 0.05) is 6.04 Å². The maximum absolute atomic E-state index is 13.6. The number of nitrogens with two attached hydrogens (primary N) is 1. The molecule has 1 aromatic heterocycles. The third-order valence-electron chi connectivity index (χ3n) is 5.84. The van der Waals surface area contributed by atoms with Crippen LogP contribution in [0.15, 0.2) is 58.0 Å². The first kappa shape index (κ1) is 24.0. The van der Waals surface area contributed by atoms with Gasteiger partial charge >= 0.3 is 0 Å². The summed E-state index contributed by atoms with van der Waals surface area (Å²) in [6, 6.07) is 10.1. The van der Waals surface area contributed by atoms with Gasteiger partial charge in [0.2, 0.25) is 15.7 Å². The summed E-state index contributed by atoms with van der Waals surface area (Å²) in [6.45, 7) is 3.85. The largest absolute Gasteiger partial charge is 0.467 e. The molecule has 2 unspecified atom stereocenters. The number of nitrogens with one attached hydrogen (secondary N) is 1. The molecule has 1 aliphatic carbocycles. The summed E-state index contributed by atoms with van der Waals surface area (Å²) in [5.74, 6) is -0.765. The Bertz CT molecular complexity index is 1000. The lowest BCUT2D eigenvalue weighted by atomic mass is 9.98. The van der Waals surface area contributed by atoms with E-state index in [-0.39, 0.29) is 29.3 Å². The minimum Gasteiger partial charge on any atom is -0.467 e. The highest BCUT2D eigenvalue weighted by atomic mass is 32.2. The molecule has 1 saturated carbocycles. The highest BCUT2D eigenvalue weighted by Crippen LogP contribution is 2.29. The van der Waals surface area contributed by atoms with Crippen LogP contribution < -0.4 is 11.1 Å². The van der Waals surface area contributed by atoms with E-state index in [9.17, 15) is 18.0 Å². The van der Waals surface area contributed by atoms with Crippen molar-refractivity contribution in [2.24, 2.45) is 11.7 Å². The Morgan fingerprint density at radius 1 is 1.12 bits per heavy atom. The smallest absolute Gasteiger partial charge is 0.256 e. The van der Waals surface area contributed by atoms with Crippen LogP contribution in [0.3, 0.4) is 0 Å². The molecule has 2 atom stereocenters. The van der Waals surface area contributed by atoms with E-state index in [1.807, 2.05) is 13.8 Å². The molecule has 0 bridgehead atoms. The summed E-state index contributed by atoms with van der Waals surface area (Å²) >= 11 is 0. The first-order valence-electron chi connectivity index (χ1n) is 10.9. The average molecular weight is 462 g/mol. The molecule has 3 rings (SSSR count). The Hall–Kier alpha value is -2.65. The lowest BCUT2D eigenvalue weighted by Gasteiger charge is -2.39. The lowest BCUT2D eigenvalue weighted by Crippen LogP contribution is -2.60. The highest BCUT2D eigenvalue weighted by Gasteiger charge is 2.43. The van der Waals surface area contributed by atoms with Gasteiger partial charge in [0.05, 0.1) is 17.7 Å². The van der Waals surface area contributed by atoms with E-state index < -0.39 is 27.2 Å². The molecule has 0 spiro atoms. The van der Waals surface area contributed by atoms with Crippen molar-refractivity contribution in [2.45, 2.75) is 68.4 Å². The minimum absolute atomic E-state index is 0.0180. The summed E-state index contributed by atoms with van der Waals surface area (Å²) in [4.78, 5) is 28.2. The Morgan fingerprint density at radius 3 is 2.34 bits per heavy atom. The Balaban J connectivity index is 1.89. The summed E-state index contributed by atoms with van der Waals surface area (Å²) < 4.78 is 31.4. The third kappa shape index (κ3) is 5.21. The van der Waals surface area contributed by atoms with Crippen LogP contribution in [0.2, 0.25) is 0 Å². The molecule has 1 fully saturated rings. The second-order valence-corrected chi connectivity index (χ2v) is 10.5. The van der Waals surface area contributed by atoms with Crippen molar-refractivity contribution in [3.05, 3.63) is 54.5 Å². The number of nitrogens with zero attached hydrogens (tertiary/aromatic N) is 1. The van der Waals surface area contributed by atoms with E-state index in [0.717, 1.165) is 12.8 Å². The Kier molecular flexibility index (Phi) is 7.73. The molecule has 1 aromatic carbocycles. The first-order valence-corrected chi connectivity index (χ1v) is 12.4. The summed E-state index contributed by atoms with van der Waals surface area (Å²) in [7, 11) is -4.11. The van der Waals surface area contributed by atoms with E-state index in [1.165, 1.54) is 23.3 Å². The van der Waals surface area contributed by atoms with Crippen molar-refractivity contribution in [3.8, 4) is 0 Å². The predicted octanol–water partition coefficient (Wildman–Crippen LogP) is 2.45. The van der Waals surface area contributed by atoms with Gasteiger partial charge in [-0.25, -0.2) is 8.42 Å². The molecule has 8 nitrogen and oxygen atoms in total. The molecule has 1 heterocycles. The third-order valence-corrected chi connectivity index (χ3v) is 7.64. The molecule has 0 radical (unpaired) electrons. The van der Waals surface area contributed by atoms with Crippen molar-refractivity contribution >= 4 is 21.7 Å². The maximum Gasteiger partial charge on any atom is 0.256 e. The molecule has 3 N–H and O–H groups in total. The molecular weight excluding hydrogens is 430 g/mol. The number of amides is 2. The topological polar surface area (TPSA) is 123 Å². The fourth-order valence-corrected chi connectivity index (χ4v) is 5.42. The van der Waals surface area contributed by atoms with Gasteiger partial charge < -0.3 is 20.4 Å². The quantitative estimate of drug-likeness (QED) is 0.591. The molecule has 32 heavy (non-hydrogen) atoms. The van der Waals surface area contributed by atoms with Gasteiger partial charge in [0.25, 0.3) is 5.91 Å². The SMILES string of the molecule is CC(C)C(C(=O)NCc1ccco1)N(C(=O)C(N)S(=O)(=O)c1ccccc1)C1CCCC1. The van der Waals surface area contributed by atoms with E-state index in [1.54, 1.807) is 30.3 Å². The first-order chi connectivity index (χ1) is 15.2. The Labute approximate surface area is 189 Å². The van der Waals surface area contributed by atoms with Crippen LogP contribution in [0.1, 0.15) is 45.3 Å². The van der Waals surface area contributed by atoms with Gasteiger partial charge in [0.15, 0.2) is 5.37 Å². The minimum atomic E-state index is -4.11. The van der Waals surface area contributed by atoms with Crippen molar-refractivity contribution in [2.75, 3.05) is 0 Å². The summed E-state index contributed by atoms with van der Waals surface area (Å²) in [6.07, 6.45) is 4.75. The number of rotatable bonds is 9. The number of hydrogen-bond acceptors (Lipinski definition) is 6. The van der Waals surface area contributed by atoms with Gasteiger partial charge in [0.1, 0.15) is 11.8 Å². The zero-order valence-electron chi connectivity index (χ0n) is 18.4. The van der Waals surface area contributed by atoms with Crippen LogP contribution in [-0.2, 0) is 26.0 Å². The van der Waals surface area contributed by atoms with E-state index in [4.69, 9.17) is 10.2 Å². The van der Waals surface area contributed by atoms with Crippen molar-refractivity contribution in [1.29, 1.82) is 0 Å². The normalized spacial score (nSPS) is 16.6. The predicted molar refractivity (Wildman–Crippen MR) is 120 cm³/mol. The van der Waals surface area contributed by atoms with Gasteiger partial charge in [-0.2, -0.15) is 0 Å². The van der Waals surface area contributed by atoms with E-state index in [0.29, 0.717) is 18.6 Å². The van der Waals surface area contributed by atoms with Crippen LogP contribution in [-0.4, -0.2) is 42.6 Å². The molecule has 1 aliphatic rings. The zero-order chi connectivity index (χ0) is 23.3. The zero-order valence-corrected chi connectivity index (χ0v) is 19.3. The van der Waals surface area contributed by atoms with Gasteiger partial charge in [-0.3, -0.25) is 9.59 Å². The Morgan fingerprint density at radius 2 is 1.78 bits per heavy atom. The van der Waals surface area contributed by atoms with Crippen LogP contribution in [0.5, 0.6) is 0 Å². The van der Waals surface area contributed by atoms with Crippen LogP contribution >= 0.6 is 0 Å². The monoisotopic (exact) mass is 461 g/mol. The van der Waals surface area contributed by atoms with Crippen LogP contribution in [0, 0.1) is 5.92 Å². The van der Waals surface area contributed by atoms with Crippen LogP contribution in [0.25, 0.3) is 0 Å². The number of benzene rings is 1. The molecule has 174 valence electrons. The van der Waals surface area contributed by atoms with Crippen molar-refractivity contribution < 1.29 is 22.4 Å². The fraction of sp³-hybridized carbons (Fsp3) is 0.478. The summed E-state index contributed by atoms with van der Waals surface area (Å²) in [5, 5.41) is 1.03. The summed E-state index contributed by atoms with van der Waals surface area (Å²) in [5.41, 5.74) is 6.06. The number of carbonyl (C=O) groups is 2. The molecule has 2 aromatic rings. The lowest BCUT2D eigenvalue weighted by molar-refractivity contribution is -0.144. The number of furan rings is 1. The van der Waals surface area contributed by atoms with E-state index >= 15 is 0 Å². The van der Waals surface area contributed by atoms with Crippen LogP contribution in [0.4, 0.5) is 0 Å².